The molecular weight excluding hydrogens is 227 g/mol. The third kappa shape index (κ3) is 2.72. The molecule has 92 valence electrons. The number of hydrogen-bond donors (Lipinski definition) is 3. The Balaban J connectivity index is 1.96. The number of hydrogen-bond acceptors (Lipinski definition) is 3. The summed E-state index contributed by atoms with van der Waals surface area (Å²) in [6.45, 7) is 0.183. The van der Waals surface area contributed by atoms with Gasteiger partial charge in [0, 0.05) is 5.69 Å². The van der Waals surface area contributed by atoms with Gasteiger partial charge in [-0.15, -0.1) is 0 Å². The fourth-order valence-corrected chi connectivity index (χ4v) is 1.67. The lowest BCUT2D eigenvalue weighted by atomic mass is 10.3. The number of nitrogens with one attached hydrogen (secondary N) is 1. The standard InChI is InChI=1S/C11H13FN2O3/c12-7-1-3-8(4-2-7)13-11(17)14-5-9(15)10(16)6-14/h1-4,9-10,15-16H,5-6H2,(H,13,17). The van der Waals surface area contributed by atoms with Crippen LogP contribution < -0.4 is 5.32 Å². The van der Waals surface area contributed by atoms with Crippen LogP contribution in [0.4, 0.5) is 14.9 Å². The highest BCUT2D eigenvalue weighted by molar-refractivity contribution is 5.89. The SMILES string of the molecule is O=C(Nc1ccc(F)cc1)N1CC(O)C(O)C1. The number of amides is 2. The molecular formula is C11H13FN2O3. The van der Waals surface area contributed by atoms with E-state index >= 15 is 0 Å². The van der Waals surface area contributed by atoms with E-state index in [9.17, 15) is 19.4 Å². The summed E-state index contributed by atoms with van der Waals surface area (Å²) in [4.78, 5) is 13.0. The van der Waals surface area contributed by atoms with Gasteiger partial charge in [0.05, 0.1) is 25.3 Å². The molecule has 2 amide bonds. The van der Waals surface area contributed by atoms with Gasteiger partial charge in [0.25, 0.3) is 0 Å². The van der Waals surface area contributed by atoms with E-state index in [0.717, 1.165) is 0 Å². The Kier molecular flexibility index (Phi) is 3.26. The Hall–Kier alpha value is -1.66. The van der Waals surface area contributed by atoms with Crippen LogP contribution >= 0.6 is 0 Å². The van der Waals surface area contributed by atoms with Crippen molar-refractivity contribution in [2.24, 2.45) is 0 Å². The van der Waals surface area contributed by atoms with Crippen molar-refractivity contribution in [2.75, 3.05) is 18.4 Å². The maximum absolute atomic E-state index is 12.6. The molecule has 1 aliphatic heterocycles. The van der Waals surface area contributed by atoms with Crippen molar-refractivity contribution in [3.63, 3.8) is 0 Å². The van der Waals surface area contributed by atoms with E-state index < -0.39 is 18.2 Å². The lowest BCUT2D eigenvalue weighted by molar-refractivity contribution is 0.0572. The van der Waals surface area contributed by atoms with Crippen molar-refractivity contribution in [2.45, 2.75) is 12.2 Å². The van der Waals surface area contributed by atoms with E-state index in [1.807, 2.05) is 0 Å². The van der Waals surface area contributed by atoms with E-state index in [1.54, 1.807) is 0 Å². The van der Waals surface area contributed by atoms with Crippen LogP contribution in [-0.2, 0) is 0 Å². The van der Waals surface area contributed by atoms with Crippen LogP contribution in [0.25, 0.3) is 0 Å². The lowest BCUT2D eigenvalue weighted by Gasteiger charge is -2.16. The fraction of sp³-hybridized carbons (Fsp3) is 0.364. The molecule has 5 nitrogen and oxygen atoms in total. The number of carbonyl (C=O) groups excluding carboxylic acids is 1. The zero-order valence-corrected chi connectivity index (χ0v) is 9.01. The third-order valence-corrected chi connectivity index (χ3v) is 2.64. The number of benzene rings is 1. The maximum atomic E-state index is 12.6. The number of aliphatic hydroxyl groups excluding tert-OH is 2. The molecule has 1 aromatic carbocycles. The predicted molar refractivity (Wildman–Crippen MR) is 59.0 cm³/mol. The van der Waals surface area contributed by atoms with Crippen LogP contribution in [0.15, 0.2) is 24.3 Å². The fourth-order valence-electron chi connectivity index (χ4n) is 1.67. The molecule has 2 rings (SSSR count). The highest BCUT2D eigenvalue weighted by Gasteiger charge is 2.32. The molecule has 1 heterocycles. The van der Waals surface area contributed by atoms with Crippen molar-refractivity contribution in [1.82, 2.24) is 4.90 Å². The van der Waals surface area contributed by atoms with Crippen molar-refractivity contribution in [1.29, 1.82) is 0 Å². The van der Waals surface area contributed by atoms with E-state index in [-0.39, 0.29) is 18.9 Å². The van der Waals surface area contributed by atoms with Crippen LogP contribution in [0.1, 0.15) is 0 Å². The van der Waals surface area contributed by atoms with Crippen molar-refractivity contribution in [3.8, 4) is 0 Å². The summed E-state index contributed by atoms with van der Waals surface area (Å²) in [7, 11) is 0. The zero-order chi connectivity index (χ0) is 12.4. The molecule has 0 aliphatic carbocycles. The number of carbonyl (C=O) groups is 1. The number of anilines is 1. The van der Waals surface area contributed by atoms with Gasteiger partial charge in [-0.2, -0.15) is 0 Å². The summed E-state index contributed by atoms with van der Waals surface area (Å²) in [5.74, 6) is -0.380. The molecule has 1 aliphatic rings. The molecule has 0 saturated carbocycles. The lowest BCUT2D eigenvalue weighted by Crippen LogP contribution is -2.33. The van der Waals surface area contributed by atoms with Gasteiger partial charge in [-0.3, -0.25) is 0 Å². The molecule has 6 heteroatoms. The first-order valence-corrected chi connectivity index (χ1v) is 5.24. The van der Waals surface area contributed by atoms with E-state index in [4.69, 9.17) is 0 Å². The number of nitrogens with zero attached hydrogens (tertiary/aromatic N) is 1. The van der Waals surface area contributed by atoms with Gasteiger partial charge in [0.1, 0.15) is 5.82 Å². The average molecular weight is 240 g/mol. The van der Waals surface area contributed by atoms with Gasteiger partial charge in [-0.05, 0) is 24.3 Å². The first kappa shape index (κ1) is 11.8. The van der Waals surface area contributed by atoms with Crippen LogP contribution in [0.3, 0.4) is 0 Å². The summed E-state index contributed by atoms with van der Waals surface area (Å²) < 4.78 is 12.6. The third-order valence-electron chi connectivity index (χ3n) is 2.64. The summed E-state index contributed by atoms with van der Waals surface area (Å²) in [6.07, 6.45) is -1.82. The molecule has 0 radical (unpaired) electrons. The second-order valence-electron chi connectivity index (χ2n) is 3.98. The van der Waals surface area contributed by atoms with Crippen LogP contribution in [0.5, 0.6) is 0 Å². The second-order valence-corrected chi connectivity index (χ2v) is 3.98. The molecule has 1 fully saturated rings. The van der Waals surface area contributed by atoms with E-state index in [2.05, 4.69) is 5.32 Å². The molecule has 17 heavy (non-hydrogen) atoms. The van der Waals surface area contributed by atoms with Crippen molar-refractivity contribution >= 4 is 11.7 Å². The van der Waals surface area contributed by atoms with E-state index in [1.165, 1.54) is 29.2 Å². The minimum atomic E-state index is -0.908. The Morgan fingerprint density at radius 1 is 1.24 bits per heavy atom. The summed E-state index contributed by atoms with van der Waals surface area (Å²) in [5.41, 5.74) is 0.465. The van der Waals surface area contributed by atoms with Gasteiger partial charge in [0.15, 0.2) is 0 Å². The first-order chi connectivity index (χ1) is 8.06. The monoisotopic (exact) mass is 240 g/mol. The minimum Gasteiger partial charge on any atom is -0.388 e. The Morgan fingerprint density at radius 3 is 2.29 bits per heavy atom. The number of rotatable bonds is 1. The van der Waals surface area contributed by atoms with Crippen LogP contribution in [0.2, 0.25) is 0 Å². The minimum absolute atomic E-state index is 0.0915. The molecule has 3 N–H and O–H groups in total. The number of β-amino-alcohol motifs (C(OH)–C–C–N with tert-alkyl or cyclic N) is 2. The molecule has 0 aromatic heterocycles. The van der Waals surface area contributed by atoms with Crippen LogP contribution in [0, 0.1) is 5.82 Å². The summed E-state index contributed by atoms with van der Waals surface area (Å²) in [5, 5.41) is 21.1. The molecule has 0 spiro atoms. The number of aliphatic hydroxyl groups is 2. The highest BCUT2D eigenvalue weighted by Crippen LogP contribution is 2.13. The van der Waals surface area contributed by atoms with Crippen molar-refractivity contribution < 1.29 is 19.4 Å². The van der Waals surface area contributed by atoms with Crippen LogP contribution in [-0.4, -0.2) is 46.4 Å². The smallest absolute Gasteiger partial charge is 0.322 e. The zero-order valence-electron chi connectivity index (χ0n) is 9.01. The molecule has 2 atom stereocenters. The highest BCUT2D eigenvalue weighted by atomic mass is 19.1. The van der Waals surface area contributed by atoms with Crippen molar-refractivity contribution in [3.05, 3.63) is 30.1 Å². The quantitative estimate of drug-likeness (QED) is 0.665. The second kappa shape index (κ2) is 4.68. The maximum Gasteiger partial charge on any atom is 0.322 e. The molecule has 1 saturated heterocycles. The van der Waals surface area contributed by atoms with Gasteiger partial charge in [-0.25, -0.2) is 9.18 Å². The largest absolute Gasteiger partial charge is 0.388 e. The average Bonchev–Trinajstić information content (AvgIpc) is 2.63. The molecule has 1 aromatic rings. The van der Waals surface area contributed by atoms with Gasteiger partial charge >= 0.3 is 6.03 Å². The number of urea groups is 1. The topological polar surface area (TPSA) is 72.8 Å². The summed E-state index contributed by atoms with van der Waals surface area (Å²) >= 11 is 0. The van der Waals surface area contributed by atoms with E-state index in [0.29, 0.717) is 5.69 Å². The Morgan fingerprint density at radius 2 is 1.76 bits per heavy atom. The van der Waals surface area contributed by atoms with Gasteiger partial charge < -0.3 is 20.4 Å². The molecule has 0 bridgehead atoms. The number of halogens is 1. The number of likely N-dealkylation sites (tertiary alicyclic amines) is 1. The molecule has 2 unspecified atom stereocenters. The van der Waals surface area contributed by atoms with Gasteiger partial charge in [0.2, 0.25) is 0 Å². The first-order valence-electron chi connectivity index (χ1n) is 5.24. The Labute approximate surface area is 97.5 Å². The Bertz CT molecular complexity index is 400. The normalized spacial score (nSPS) is 23.8. The van der Waals surface area contributed by atoms with Gasteiger partial charge in [-0.1, -0.05) is 0 Å². The summed E-state index contributed by atoms with van der Waals surface area (Å²) in [6, 6.07) is 4.94. The predicted octanol–water partition coefficient (Wildman–Crippen LogP) is 0.395.